The first-order chi connectivity index (χ1) is 26.8. The molecule has 0 saturated heterocycles. The fourth-order valence-electron chi connectivity index (χ4n) is 7.50. The van der Waals surface area contributed by atoms with E-state index in [0.29, 0.717) is 27.9 Å². The topological polar surface area (TPSA) is 13.1 Å². The molecule has 9 aromatic carbocycles. The van der Waals surface area contributed by atoms with Crippen LogP contribution in [0.25, 0.3) is 98.8 Å². The molecule has 0 fully saturated rings. The van der Waals surface area contributed by atoms with Gasteiger partial charge in [0.2, 0.25) is 0 Å². The van der Waals surface area contributed by atoms with E-state index < -0.39 is 6.04 Å². The van der Waals surface area contributed by atoms with Gasteiger partial charge in [-0.3, -0.25) is 0 Å². The van der Waals surface area contributed by atoms with Crippen LogP contribution in [-0.4, -0.2) is 0 Å². The first kappa shape index (κ1) is 22.2. The van der Waals surface area contributed by atoms with Crippen molar-refractivity contribution in [2.24, 2.45) is 0 Å². The second kappa shape index (κ2) is 11.1. The molecule has 1 heteroatoms. The van der Waals surface area contributed by atoms with Gasteiger partial charge in [0.1, 0.15) is 11.2 Å². The van der Waals surface area contributed by atoms with Gasteiger partial charge in [-0.1, -0.05) is 164 Å². The average molecular weight is 629 g/mol. The molecule has 0 amide bonds. The molecule has 0 unspecified atom stereocenters. The average Bonchev–Trinajstić information content (AvgIpc) is 3.61. The quantitative estimate of drug-likeness (QED) is 0.177. The van der Waals surface area contributed by atoms with Gasteiger partial charge < -0.3 is 4.42 Å². The smallest absolute Gasteiger partial charge is 0.136 e. The van der Waals surface area contributed by atoms with E-state index in [1.165, 1.54) is 0 Å². The van der Waals surface area contributed by atoms with Crippen LogP contribution in [0.2, 0.25) is 0 Å². The highest BCUT2D eigenvalue weighted by Crippen LogP contribution is 2.47. The molecule has 1 aromatic heterocycles. The van der Waals surface area contributed by atoms with Gasteiger partial charge in [0.15, 0.2) is 0 Å². The summed E-state index contributed by atoms with van der Waals surface area (Å²) >= 11 is 0. The Morgan fingerprint density at radius 1 is 0.347 bits per heavy atom. The normalized spacial score (nSPS) is 13.4. The summed E-state index contributed by atoms with van der Waals surface area (Å²) in [4.78, 5) is 0. The van der Waals surface area contributed by atoms with Crippen LogP contribution in [0.1, 0.15) is 8.22 Å². The van der Waals surface area contributed by atoms with Crippen LogP contribution < -0.4 is 0 Å². The summed E-state index contributed by atoms with van der Waals surface area (Å²) in [6, 6.07) is 46.2. The van der Waals surface area contributed by atoms with E-state index >= 15 is 0 Å². The Morgan fingerprint density at radius 3 is 1.59 bits per heavy atom. The molecular formula is C48H30O. The lowest BCUT2D eigenvalue weighted by atomic mass is 9.84. The fraction of sp³-hybridized carbons (Fsp3) is 0. The van der Waals surface area contributed by atoms with E-state index in [1.54, 1.807) is 0 Å². The lowest BCUT2D eigenvalue weighted by molar-refractivity contribution is 0.669. The van der Waals surface area contributed by atoms with Crippen molar-refractivity contribution in [3.05, 3.63) is 182 Å². The van der Waals surface area contributed by atoms with Gasteiger partial charge in [-0.05, 0) is 95.0 Å². The molecule has 0 aliphatic heterocycles. The molecule has 0 radical (unpaired) electrons. The molecule has 0 bridgehead atoms. The molecule has 0 N–H and O–H groups in total. The van der Waals surface area contributed by atoms with Crippen LogP contribution in [0.15, 0.2) is 186 Å². The van der Waals surface area contributed by atoms with Gasteiger partial charge in [-0.2, -0.15) is 0 Å². The Labute approximate surface area is 292 Å². The summed E-state index contributed by atoms with van der Waals surface area (Å²) in [5.41, 5.74) is 7.25. The molecule has 0 atom stereocenters. The molecule has 0 saturated carbocycles. The van der Waals surface area contributed by atoms with Crippen molar-refractivity contribution in [3.8, 4) is 44.5 Å². The predicted molar refractivity (Wildman–Crippen MR) is 208 cm³/mol. The second-order valence-corrected chi connectivity index (χ2v) is 12.3. The van der Waals surface area contributed by atoms with E-state index in [-0.39, 0.29) is 46.5 Å². The number of hydrogen-bond donors (Lipinski definition) is 0. The summed E-state index contributed by atoms with van der Waals surface area (Å²) in [5, 5.41) is 5.68. The standard InChI is InChI=1S/C48H30O/c1-3-14-31(15-4-1)35-24-13-25-45-48(35)43-30-33(26-29-44(43)49-45)34-27-28-42(37-19-8-7-18-36(34)37)47-40-22-11-9-20-38(40)46(32-16-5-2-6-17-32)39-21-10-12-23-41(39)47/h1-30H/i7D,8D,18D,19D,27D,28D. The molecule has 1 heterocycles. The van der Waals surface area contributed by atoms with Crippen LogP contribution in [0.5, 0.6) is 0 Å². The summed E-state index contributed by atoms with van der Waals surface area (Å²) in [5.74, 6) is 0. The Bertz CT molecular complexity index is 3150. The van der Waals surface area contributed by atoms with Crippen LogP contribution in [0.4, 0.5) is 0 Å². The van der Waals surface area contributed by atoms with Gasteiger partial charge in [0, 0.05) is 10.8 Å². The zero-order chi connectivity index (χ0) is 37.5. The van der Waals surface area contributed by atoms with Gasteiger partial charge >= 0.3 is 0 Å². The minimum atomic E-state index is -0.392. The molecule has 10 aromatic rings. The van der Waals surface area contributed by atoms with Crippen molar-refractivity contribution in [3.63, 3.8) is 0 Å². The number of benzene rings is 9. The third kappa shape index (κ3) is 4.33. The minimum Gasteiger partial charge on any atom is -0.456 e. The second-order valence-electron chi connectivity index (χ2n) is 12.3. The Kier molecular flexibility index (Phi) is 5.02. The monoisotopic (exact) mass is 628 g/mol. The third-order valence-electron chi connectivity index (χ3n) is 9.61. The van der Waals surface area contributed by atoms with Crippen molar-refractivity contribution in [1.29, 1.82) is 0 Å². The van der Waals surface area contributed by atoms with E-state index in [1.807, 2.05) is 115 Å². The number of rotatable bonds is 4. The zero-order valence-electron chi connectivity index (χ0n) is 32.3. The molecule has 228 valence electrons. The maximum absolute atomic E-state index is 9.82. The highest BCUT2D eigenvalue weighted by atomic mass is 16.3. The SMILES string of the molecule is [2H]c1c([2H])c([2H])c2c(-c3c4ccccc4c(-c4ccccc4)c4ccccc34)c([2H])c([2H])c(-c3ccc4oc5cccc(-c6ccccc6)c5c4c3)c2c1[2H]. The zero-order valence-corrected chi connectivity index (χ0v) is 26.3. The summed E-state index contributed by atoms with van der Waals surface area (Å²) in [7, 11) is 0. The van der Waals surface area contributed by atoms with Crippen LogP contribution in [0.3, 0.4) is 0 Å². The maximum Gasteiger partial charge on any atom is 0.136 e. The summed E-state index contributed by atoms with van der Waals surface area (Å²) < 4.78 is 62.4. The Balaban J connectivity index is 1.35. The van der Waals surface area contributed by atoms with Crippen molar-refractivity contribution in [1.82, 2.24) is 0 Å². The van der Waals surface area contributed by atoms with E-state index in [4.69, 9.17) is 7.16 Å². The molecule has 0 aliphatic carbocycles. The predicted octanol–water partition coefficient (Wildman–Crippen LogP) is 13.7. The molecular weight excluding hydrogens is 593 g/mol. The molecule has 0 aliphatic rings. The van der Waals surface area contributed by atoms with Gasteiger partial charge in [0.05, 0.1) is 8.22 Å². The lowest BCUT2D eigenvalue weighted by Crippen LogP contribution is -1.92. The van der Waals surface area contributed by atoms with E-state index in [0.717, 1.165) is 54.6 Å². The van der Waals surface area contributed by atoms with Crippen molar-refractivity contribution in [2.75, 3.05) is 0 Å². The molecule has 10 rings (SSSR count). The largest absolute Gasteiger partial charge is 0.456 e. The van der Waals surface area contributed by atoms with Crippen LogP contribution >= 0.6 is 0 Å². The van der Waals surface area contributed by atoms with Crippen LogP contribution in [-0.2, 0) is 0 Å². The van der Waals surface area contributed by atoms with E-state index in [2.05, 4.69) is 30.3 Å². The first-order valence-electron chi connectivity index (χ1n) is 19.4. The fourth-order valence-corrected chi connectivity index (χ4v) is 7.50. The highest BCUT2D eigenvalue weighted by molar-refractivity contribution is 6.24. The summed E-state index contributed by atoms with van der Waals surface area (Å²) in [6.07, 6.45) is 0. The minimum absolute atomic E-state index is 0.113. The highest BCUT2D eigenvalue weighted by Gasteiger charge is 2.19. The lowest BCUT2D eigenvalue weighted by Gasteiger charge is -2.19. The van der Waals surface area contributed by atoms with Gasteiger partial charge in [-0.25, -0.2) is 0 Å². The molecule has 1 nitrogen and oxygen atoms in total. The number of fused-ring (bicyclic) bond motifs is 6. The number of furan rings is 1. The van der Waals surface area contributed by atoms with Gasteiger partial charge in [-0.15, -0.1) is 0 Å². The van der Waals surface area contributed by atoms with Crippen LogP contribution in [0, 0.1) is 0 Å². The number of hydrogen-bond acceptors (Lipinski definition) is 1. The molecule has 49 heavy (non-hydrogen) atoms. The van der Waals surface area contributed by atoms with Gasteiger partial charge in [0.25, 0.3) is 0 Å². The Hall–Kier alpha value is -6.44. The third-order valence-corrected chi connectivity index (χ3v) is 9.61. The van der Waals surface area contributed by atoms with E-state index in [9.17, 15) is 5.48 Å². The van der Waals surface area contributed by atoms with Crippen molar-refractivity contribution >= 4 is 54.3 Å². The Morgan fingerprint density at radius 2 is 0.918 bits per heavy atom. The van der Waals surface area contributed by atoms with Crippen molar-refractivity contribution in [2.45, 2.75) is 0 Å². The van der Waals surface area contributed by atoms with Crippen molar-refractivity contribution < 1.29 is 12.6 Å². The summed E-state index contributed by atoms with van der Waals surface area (Å²) in [6.45, 7) is 0. The molecule has 0 spiro atoms. The first-order valence-corrected chi connectivity index (χ1v) is 16.4. The maximum atomic E-state index is 9.82.